The van der Waals surface area contributed by atoms with Gasteiger partial charge in [-0.05, 0) is 42.2 Å². The molecule has 0 aromatic heterocycles. The Balaban J connectivity index is 1.97. The molecule has 2 aromatic carbocycles. The zero-order valence-corrected chi connectivity index (χ0v) is 13.8. The zero-order valence-electron chi connectivity index (χ0n) is 13.0. The van der Waals surface area contributed by atoms with E-state index in [1.54, 1.807) is 6.07 Å². The van der Waals surface area contributed by atoms with Gasteiger partial charge in [-0.2, -0.15) is 0 Å². The van der Waals surface area contributed by atoms with Crippen molar-refractivity contribution < 1.29 is 9.53 Å². The summed E-state index contributed by atoms with van der Waals surface area (Å²) in [4.78, 5) is 12.0. The maximum Gasteiger partial charge on any atom is 0.262 e. The molecule has 1 N–H and O–H groups in total. The number of carbonyl (C=O) groups excluding carboxylic acids is 1. The van der Waals surface area contributed by atoms with Crippen molar-refractivity contribution in [1.82, 2.24) is 0 Å². The first kappa shape index (κ1) is 16.4. The van der Waals surface area contributed by atoms with Crippen molar-refractivity contribution in [3.05, 3.63) is 58.6 Å². The van der Waals surface area contributed by atoms with Crippen LogP contribution in [0.1, 0.15) is 30.9 Å². The highest BCUT2D eigenvalue weighted by atomic mass is 35.5. The van der Waals surface area contributed by atoms with Crippen LogP contribution in [-0.4, -0.2) is 12.5 Å². The van der Waals surface area contributed by atoms with Gasteiger partial charge in [0.15, 0.2) is 6.61 Å². The molecule has 0 heterocycles. The van der Waals surface area contributed by atoms with E-state index in [1.165, 1.54) is 0 Å². The molecule has 0 spiro atoms. The minimum absolute atomic E-state index is 0.0325. The van der Waals surface area contributed by atoms with Crippen LogP contribution in [-0.2, 0) is 4.79 Å². The molecule has 116 valence electrons. The van der Waals surface area contributed by atoms with Crippen molar-refractivity contribution >= 4 is 23.2 Å². The second kappa shape index (κ2) is 7.32. The van der Waals surface area contributed by atoms with Crippen LogP contribution in [0.3, 0.4) is 0 Å². The number of rotatable bonds is 5. The van der Waals surface area contributed by atoms with Gasteiger partial charge in [-0.15, -0.1) is 0 Å². The van der Waals surface area contributed by atoms with Gasteiger partial charge in [0.1, 0.15) is 5.75 Å². The summed E-state index contributed by atoms with van der Waals surface area (Å²) in [5, 5.41) is 3.41. The standard InChI is InChI=1S/C18H20ClNO2/c1-12(2)15-6-4-5-7-17(15)22-11-18(21)20-14-9-8-13(3)16(19)10-14/h4-10,12H,11H2,1-3H3,(H,20,21). The fourth-order valence-corrected chi connectivity index (χ4v) is 2.28. The Morgan fingerprint density at radius 1 is 1.23 bits per heavy atom. The highest BCUT2D eigenvalue weighted by Crippen LogP contribution is 2.26. The SMILES string of the molecule is Cc1ccc(NC(=O)COc2ccccc2C(C)C)cc1Cl. The lowest BCUT2D eigenvalue weighted by Crippen LogP contribution is -2.20. The van der Waals surface area contributed by atoms with Crippen molar-refractivity contribution in [1.29, 1.82) is 0 Å². The first-order valence-corrected chi connectivity index (χ1v) is 7.63. The molecule has 0 aliphatic heterocycles. The molecule has 0 aliphatic rings. The second-order valence-electron chi connectivity index (χ2n) is 5.49. The molecule has 1 amide bonds. The Bertz CT molecular complexity index is 668. The van der Waals surface area contributed by atoms with Gasteiger partial charge < -0.3 is 10.1 Å². The lowest BCUT2D eigenvalue weighted by molar-refractivity contribution is -0.118. The van der Waals surface area contributed by atoms with Crippen LogP contribution in [0.4, 0.5) is 5.69 Å². The van der Waals surface area contributed by atoms with Crippen molar-refractivity contribution in [2.45, 2.75) is 26.7 Å². The summed E-state index contributed by atoms with van der Waals surface area (Å²) >= 11 is 6.04. The van der Waals surface area contributed by atoms with Gasteiger partial charge in [-0.1, -0.05) is 49.7 Å². The number of aryl methyl sites for hydroxylation is 1. The molecule has 0 aliphatic carbocycles. The molecule has 0 unspecified atom stereocenters. The minimum atomic E-state index is -0.210. The molecule has 0 bridgehead atoms. The Hall–Kier alpha value is -2.00. The van der Waals surface area contributed by atoms with Crippen molar-refractivity contribution in [2.24, 2.45) is 0 Å². The molecule has 2 aromatic rings. The lowest BCUT2D eigenvalue weighted by atomic mass is 10.0. The van der Waals surface area contributed by atoms with Gasteiger partial charge in [0.05, 0.1) is 0 Å². The summed E-state index contributed by atoms with van der Waals surface area (Å²) in [5.74, 6) is 0.878. The topological polar surface area (TPSA) is 38.3 Å². The Kier molecular flexibility index (Phi) is 5.45. The number of hydrogen-bond acceptors (Lipinski definition) is 2. The van der Waals surface area contributed by atoms with Crippen molar-refractivity contribution in [3.8, 4) is 5.75 Å². The van der Waals surface area contributed by atoms with E-state index < -0.39 is 0 Å². The smallest absolute Gasteiger partial charge is 0.262 e. The average Bonchev–Trinajstić information content (AvgIpc) is 2.49. The molecule has 0 atom stereocenters. The van der Waals surface area contributed by atoms with Gasteiger partial charge in [-0.25, -0.2) is 0 Å². The number of halogens is 1. The number of amides is 1. The van der Waals surface area contributed by atoms with E-state index in [-0.39, 0.29) is 12.5 Å². The number of ether oxygens (including phenoxy) is 1. The van der Waals surface area contributed by atoms with Gasteiger partial charge in [0, 0.05) is 10.7 Å². The van der Waals surface area contributed by atoms with E-state index in [0.29, 0.717) is 16.6 Å². The number of carbonyl (C=O) groups is 1. The Morgan fingerprint density at radius 3 is 2.64 bits per heavy atom. The summed E-state index contributed by atoms with van der Waals surface area (Å²) in [6.45, 7) is 6.07. The summed E-state index contributed by atoms with van der Waals surface area (Å²) in [7, 11) is 0. The van der Waals surface area contributed by atoms with E-state index in [4.69, 9.17) is 16.3 Å². The monoisotopic (exact) mass is 317 g/mol. The van der Waals surface area contributed by atoms with Gasteiger partial charge in [0.2, 0.25) is 0 Å². The van der Waals surface area contributed by atoms with Crippen LogP contribution in [0.15, 0.2) is 42.5 Å². The van der Waals surface area contributed by atoms with E-state index in [0.717, 1.165) is 16.9 Å². The molecular weight excluding hydrogens is 298 g/mol. The molecule has 0 radical (unpaired) electrons. The summed E-state index contributed by atoms with van der Waals surface area (Å²) in [5.41, 5.74) is 2.73. The number of nitrogens with one attached hydrogen (secondary N) is 1. The highest BCUT2D eigenvalue weighted by molar-refractivity contribution is 6.31. The van der Waals surface area contributed by atoms with E-state index in [9.17, 15) is 4.79 Å². The molecular formula is C18H20ClNO2. The largest absolute Gasteiger partial charge is 0.483 e. The molecule has 0 fully saturated rings. The number of anilines is 1. The minimum Gasteiger partial charge on any atom is -0.483 e. The average molecular weight is 318 g/mol. The van der Waals surface area contributed by atoms with Crippen LogP contribution >= 0.6 is 11.6 Å². The third kappa shape index (κ3) is 4.25. The first-order valence-electron chi connectivity index (χ1n) is 7.25. The van der Waals surface area contributed by atoms with E-state index >= 15 is 0 Å². The quantitative estimate of drug-likeness (QED) is 0.861. The predicted molar refractivity (Wildman–Crippen MR) is 90.8 cm³/mol. The van der Waals surface area contributed by atoms with Gasteiger partial charge in [0.25, 0.3) is 5.91 Å². The Morgan fingerprint density at radius 2 is 1.95 bits per heavy atom. The Labute approximate surface area is 136 Å². The van der Waals surface area contributed by atoms with Crippen LogP contribution in [0, 0.1) is 6.92 Å². The molecule has 3 nitrogen and oxygen atoms in total. The van der Waals surface area contributed by atoms with Gasteiger partial charge in [-0.3, -0.25) is 4.79 Å². The molecule has 0 saturated heterocycles. The third-order valence-electron chi connectivity index (χ3n) is 3.36. The van der Waals surface area contributed by atoms with Crippen molar-refractivity contribution in [3.63, 3.8) is 0 Å². The van der Waals surface area contributed by atoms with Crippen molar-refractivity contribution in [2.75, 3.05) is 11.9 Å². The normalized spacial score (nSPS) is 10.6. The molecule has 0 saturated carbocycles. The van der Waals surface area contributed by atoms with Crippen LogP contribution in [0.2, 0.25) is 5.02 Å². The maximum absolute atomic E-state index is 12.0. The summed E-state index contributed by atoms with van der Waals surface area (Å²) < 4.78 is 5.64. The van der Waals surface area contributed by atoms with E-state index in [1.807, 2.05) is 43.3 Å². The number of hydrogen-bond donors (Lipinski definition) is 1. The van der Waals surface area contributed by atoms with Gasteiger partial charge >= 0.3 is 0 Å². The molecule has 22 heavy (non-hydrogen) atoms. The predicted octanol–water partition coefficient (Wildman–Crippen LogP) is 4.79. The molecule has 2 rings (SSSR count). The lowest BCUT2D eigenvalue weighted by Gasteiger charge is -2.14. The third-order valence-corrected chi connectivity index (χ3v) is 3.76. The highest BCUT2D eigenvalue weighted by Gasteiger charge is 2.09. The number of benzene rings is 2. The first-order chi connectivity index (χ1) is 10.5. The summed E-state index contributed by atoms with van der Waals surface area (Å²) in [6, 6.07) is 13.2. The maximum atomic E-state index is 12.0. The van der Waals surface area contributed by atoms with Crippen LogP contribution < -0.4 is 10.1 Å². The zero-order chi connectivity index (χ0) is 16.1. The summed E-state index contributed by atoms with van der Waals surface area (Å²) in [6.07, 6.45) is 0. The fraction of sp³-hybridized carbons (Fsp3) is 0.278. The number of para-hydroxylation sites is 1. The fourth-order valence-electron chi connectivity index (χ4n) is 2.10. The van der Waals surface area contributed by atoms with Crippen LogP contribution in [0.5, 0.6) is 5.75 Å². The van der Waals surface area contributed by atoms with E-state index in [2.05, 4.69) is 19.2 Å². The molecule has 4 heteroatoms. The second-order valence-corrected chi connectivity index (χ2v) is 5.90. The van der Waals surface area contributed by atoms with Crippen LogP contribution in [0.25, 0.3) is 0 Å².